The van der Waals surface area contributed by atoms with Gasteiger partial charge in [-0.2, -0.15) is 0 Å². The van der Waals surface area contributed by atoms with E-state index in [4.69, 9.17) is 47.4 Å². The van der Waals surface area contributed by atoms with Gasteiger partial charge in [-0.1, -0.05) is 12.8 Å². The van der Waals surface area contributed by atoms with Crippen molar-refractivity contribution in [1.82, 2.24) is 0 Å². The number of carbonyl (C=O) groups is 8. The molecule has 1 aromatic rings. The molecule has 20 heteroatoms. The molecule has 340 valence electrons. The summed E-state index contributed by atoms with van der Waals surface area (Å²) in [5, 5.41) is 5.28. The van der Waals surface area contributed by atoms with E-state index in [1.807, 2.05) is 0 Å². The molecule has 2 fully saturated rings. The van der Waals surface area contributed by atoms with Crippen LogP contribution < -0.4 is 10.6 Å². The van der Waals surface area contributed by atoms with E-state index in [0.29, 0.717) is 38.5 Å². The Labute approximate surface area is 358 Å². The van der Waals surface area contributed by atoms with Crippen molar-refractivity contribution in [2.24, 2.45) is 0 Å². The van der Waals surface area contributed by atoms with Gasteiger partial charge in [0.15, 0.2) is 61.4 Å². The molecule has 0 radical (unpaired) electrons. The zero-order chi connectivity index (χ0) is 45.3. The highest BCUT2D eigenvalue weighted by atomic mass is 16.7. The van der Waals surface area contributed by atoms with Crippen LogP contribution in [0.15, 0.2) is 24.3 Å². The summed E-state index contributed by atoms with van der Waals surface area (Å²) in [6.45, 7) is 6.78. The number of rotatable bonds is 6. The SMILES string of the molecule is CC(=O)OC1C2OCCCCCC#CCCCCCOC3OC(C(=O)Nc4ccc(cc4)NC(=O)C(O2)C(OC(C)=O)C1OC(C)=O)C(OC(C)=O)C(OC(C)=O)C3OC(C)=O. The second-order valence-electron chi connectivity index (χ2n) is 14.6. The highest BCUT2D eigenvalue weighted by Crippen LogP contribution is 2.33. The standard InChI is InChI=1S/C42H54N2O18/c1-23(45)55-31-33(57-25(3)47)37(59-27(5)49)41-53-21-15-13-11-9-7-8-10-12-14-16-22-54-42-38(60-28(6)50)34(58-26(4)48)32(56-24(2)46)36(62-42)40(52)44-30-19-17-29(18-20-30)43-39(51)35(31)61-41/h17-20,31-38,41-42H,9-16,21-22H2,1-6H3,(H,43,51)(H,44,52). The van der Waals surface area contributed by atoms with Gasteiger partial charge in [0, 0.05) is 79.0 Å². The van der Waals surface area contributed by atoms with E-state index in [9.17, 15) is 38.4 Å². The zero-order valence-electron chi connectivity index (χ0n) is 35.5. The molecule has 2 saturated heterocycles. The van der Waals surface area contributed by atoms with E-state index in [1.165, 1.54) is 24.3 Å². The van der Waals surface area contributed by atoms with Gasteiger partial charge in [-0.05, 0) is 49.9 Å². The summed E-state index contributed by atoms with van der Waals surface area (Å²) in [4.78, 5) is 102. The normalized spacial score (nSPS) is 28.9. The first kappa shape index (κ1) is 49.0. The summed E-state index contributed by atoms with van der Waals surface area (Å²) in [5.41, 5.74) is 0.328. The third-order valence-electron chi connectivity index (χ3n) is 9.32. The molecule has 20 nitrogen and oxygen atoms in total. The molecule has 4 aliphatic heterocycles. The average molecular weight is 875 g/mol. The van der Waals surface area contributed by atoms with E-state index in [2.05, 4.69) is 22.5 Å². The number of hydrogen-bond acceptors (Lipinski definition) is 18. The van der Waals surface area contributed by atoms with E-state index in [0.717, 1.165) is 54.4 Å². The van der Waals surface area contributed by atoms with Gasteiger partial charge in [0.2, 0.25) is 0 Å². The summed E-state index contributed by atoms with van der Waals surface area (Å²) in [7, 11) is 0. The van der Waals surface area contributed by atoms with Crippen LogP contribution in [0, 0.1) is 11.8 Å². The lowest BCUT2D eigenvalue weighted by Crippen LogP contribution is -2.64. The van der Waals surface area contributed by atoms with Gasteiger partial charge in [0.05, 0.1) is 0 Å². The molecule has 2 amide bonds. The first-order valence-electron chi connectivity index (χ1n) is 20.3. The average Bonchev–Trinajstić information content (AvgIpc) is 3.17. The topological polar surface area (TPSA) is 253 Å². The third-order valence-corrected chi connectivity index (χ3v) is 9.32. The Kier molecular flexibility index (Phi) is 19.1. The van der Waals surface area contributed by atoms with E-state index in [-0.39, 0.29) is 24.6 Å². The Bertz CT molecular complexity index is 1700. The zero-order valence-corrected chi connectivity index (χ0v) is 35.5. The minimum absolute atomic E-state index is 0.102. The summed E-state index contributed by atoms with van der Waals surface area (Å²) in [5.74, 6) is -0.373. The maximum atomic E-state index is 13.9. The number of fused-ring (bicyclic) bond motifs is 16. The van der Waals surface area contributed by atoms with Gasteiger partial charge >= 0.3 is 35.8 Å². The lowest BCUT2D eigenvalue weighted by molar-refractivity contribution is -0.297. The summed E-state index contributed by atoms with van der Waals surface area (Å²) in [6.07, 6.45) is -10.0. The number of ether oxygens (including phenoxy) is 10. The largest absolute Gasteiger partial charge is 0.455 e. The van der Waals surface area contributed by atoms with Gasteiger partial charge in [-0.3, -0.25) is 38.4 Å². The van der Waals surface area contributed by atoms with Crippen LogP contribution in [0.3, 0.4) is 0 Å². The Morgan fingerprint density at radius 3 is 1.10 bits per heavy atom. The lowest BCUT2D eigenvalue weighted by Gasteiger charge is -2.43. The molecular formula is C42H54N2O18. The lowest BCUT2D eigenvalue weighted by atomic mass is 9.97. The first-order valence-corrected chi connectivity index (χ1v) is 20.3. The number of esters is 6. The molecule has 6 bridgehead atoms. The van der Waals surface area contributed by atoms with Crippen LogP contribution in [0.5, 0.6) is 0 Å². The van der Waals surface area contributed by atoms with E-state index >= 15 is 0 Å². The van der Waals surface area contributed by atoms with Crippen LogP contribution in [0.4, 0.5) is 11.4 Å². The van der Waals surface area contributed by atoms with Gasteiger partial charge in [-0.25, -0.2) is 0 Å². The Morgan fingerprint density at radius 1 is 0.468 bits per heavy atom. The molecule has 10 unspecified atom stereocenters. The molecule has 10 atom stereocenters. The fraction of sp³-hybridized carbons (Fsp3) is 0.619. The third kappa shape index (κ3) is 15.1. The molecule has 1 aromatic carbocycles. The molecule has 0 aromatic heterocycles. The molecule has 62 heavy (non-hydrogen) atoms. The van der Waals surface area contributed by atoms with Crippen molar-refractivity contribution in [3.63, 3.8) is 0 Å². The van der Waals surface area contributed by atoms with E-state index in [1.54, 1.807) is 0 Å². The number of amides is 2. The Balaban J connectivity index is 1.67. The van der Waals surface area contributed by atoms with Crippen molar-refractivity contribution >= 4 is 59.0 Å². The maximum absolute atomic E-state index is 13.9. The van der Waals surface area contributed by atoms with Crippen molar-refractivity contribution in [2.75, 3.05) is 23.8 Å². The number of anilines is 2. The van der Waals surface area contributed by atoms with Crippen molar-refractivity contribution in [3.8, 4) is 11.8 Å². The predicted molar refractivity (Wildman–Crippen MR) is 211 cm³/mol. The van der Waals surface area contributed by atoms with Crippen molar-refractivity contribution < 1.29 is 85.7 Å². The number of carbonyl (C=O) groups excluding carboxylic acids is 8. The molecule has 0 saturated carbocycles. The van der Waals surface area contributed by atoms with Crippen LogP contribution in [0.1, 0.15) is 92.9 Å². The van der Waals surface area contributed by atoms with Crippen LogP contribution in [-0.4, -0.2) is 122 Å². The highest BCUT2D eigenvalue weighted by molar-refractivity contribution is 5.97. The second kappa shape index (κ2) is 24.1. The molecule has 0 aliphatic carbocycles. The molecular weight excluding hydrogens is 820 g/mol. The van der Waals surface area contributed by atoms with Crippen LogP contribution in [0.2, 0.25) is 0 Å². The molecule has 5 rings (SSSR count). The molecule has 4 heterocycles. The monoisotopic (exact) mass is 874 g/mol. The summed E-state index contributed by atoms with van der Waals surface area (Å²) in [6, 6.07) is 5.63. The number of nitrogens with one attached hydrogen (secondary N) is 2. The van der Waals surface area contributed by atoms with E-state index < -0.39 is 109 Å². The fourth-order valence-electron chi connectivity index (χ4n) is 6.86. The van der Waals surface area contributed by atoms with Gasteiger partial charge in [0.25, 0.3) is 11.8 Å². The van der Waals surface area contributed by atoms with Crippen LogP contribution in [-0.2, 0) is 85.7 Å². The highest BCUT2D eigenvalue weighted by Gasteiger charge is 2.56. The Morgan fingerprint density at radius 2 is 0.774 bits per heavy atom. The maximum Gasteiger partial charge on any atom is 0.303 e. The number of hydrogen-bond donors (Lipinski definition) is 2. The molecule has 0 spiro atoms. The van der Waals surface area contributed by atoms with Crippen LogP contribution >= 0.6 is 0 Å². The van der Waals surface area contributed by atoms with Crippen molar-refractivity contribution in [3.05, 3.63) is 24.3 Å². The smallest absolute Gasteiger partial charge is 0.303 e. The summed E-state index contributed by atoms with van der Waals surface area (Å²) < 4.78 is 56.8. The van der Waals surface area contributed by atoms with Gasteiger partial charge < -0.3 is 58.0 Å². The minimum atomic E-state index is -1.65. The van der Waals surface area contributed by atoms with Gasteiger partial charge in [0.1, 0.15) is 0 Å². The van der Waals surface area contributed by atoms with Crippen LogP contribution in [0.25, 0.3) is 0 Å². The predicted octanol–water partition coefficient (Wildman–Crippen LogP) is 2.77. The van der Waals surface area contributed by atoms with Crippen molar-refractivity contribution in [2.45, 2.75) is 154 Å². The Hall–Kier alpha value is -5.62. The second-order valence-corrected chi connectivity index (χ2v) is 14.6. The molecule has 4 aliphatic rings. The number of benzene rings is 1. The minimum Gasteiger partial charge on any atom is -0.455 e. The van der Waals surface area contributed by atoms with Crippen molar-refractivity contribution in [1.29, 1.82) is 0 Å². The quantitative estimate of drug-likeness (QED) is 0.237. The first-order chi connectivity index (χ1) is 29.5. The summed E-state index contributed by atoms with van der Waals surface area (Å²) >= 11 is 0. The molecule has 2 N–H and O–H groups in total. The fourth-order valence-corrected chi connectivity index (χ4v) is 6.86. The van der Waals surface area contributed by atoms with Gasteiger partial charge in [-0.15, -0.1) is 11.8 Å².